The maximum absolute atomic E-state index is 12.5. The molecule has 7 nitrogen and oxygen atoms in total. The van der Waals surface area contributed by atoms with Crippen molar-refractivity contribution in [3.8, 4) is 5.75 Å². The molecule has 1 amide bonds. The lowest BCUT2D eigenvalue weighted by atomic mass is 10.2. The first-order chi connectivity index (χ1) is 13.6. The van der Waals surface area contributed by atoms with Crippen molar-refractivity contribution < 1.29 is 19.2 Å². The summed E-state index contributed by atoms with van der Waals surface area (Å²) < 4.78 is 10.6. The highest BCUT2D eigenvalue weighted by Crippen LogP contribution is 2.31. The Bertz CT molecular complexity index is 810. The van der Waals surface area contributed by atoms with E-state index in [0.29, 0.717) is 6.54 Å². The second-order valence-corrected chi connectivity index (χ2v) is 7.59. The summed E-state index contributed by atoms with van der Waals surface area (Å²) >= 11 is 1.72. The highest BCUT2D eigenvalue weighted by molar-refractivity contribution is 7.99. The summed E-state index contributed by atoms with van der Waals surface area (Å²) in [5.74, 6) is 1.63. The summed E-state index contributed by atoms with van der Waals surface area (Å²) in [7, 11) is 1.64. The van der Waals surface area contributed by atoms with Gasteiger partial charge in [-0.3, -0.25) is 15.0 Å². The molecule has 1 heterocycles. The molecule has 2 aromatic carbocycles. The molecule has 0 saturated carbocycles. The SMILES string of the molecule is COc1ccc(CSC2CCCN2C(=O)OCc2ccc([N+](=O)[O-])cc2)cc1. The van der Waals surface area contributed by atoms with E-state index in [9.17, 15) is 14.9 Å². The molecular weight excluding hydrogens is 380 g/mol. The number of amides is 1. The molecule has 1 unspecified atom stereocenters. The molecule has 0 N–H and O–H groups in total. The molecule has 0 radical (unpaired) electrons. The van der Waals surface area contributed by atoms with Crippen molar-refractivity contribution in [2.24, 2.45) is 0 Å². The Labute approximate surface area is 167 Å². The number of non-ortho nitro benzene ring substituents is 1. The van der Waals surface area contributed by atoms with Crippen LogP contribution in [0.15, 0.2) is 48.5 Å². The molecule has 0 bridgehead atoms. The lowest BCUT2D eigenvalue weighted by Crippen LogP contribution is -2.34. The van der Waals surface area contributed by atoms with Gasteiger partial charge in [-0.1, -0.05) is 12.1 Å². The van der Waals surface area contributed by atoms with Crippen molar-refractivity contribution in [1.82, 2.24) is 4.90 Å². The largest absolute Gasteiger partial charge is 0.497 e. The molecule has 148 valence electrons. The summed E-state index contributed by atoms with van der Waals surface area (Å²) in [6, 6.07) is 13.9. The molecule has 3 rings (SSSR count). The number of ether oxygens (including phenoxy) is 2. The van der Waals surface area contributed by atoms with E-state index >= 15 is 0 Å². The molecule has 1 atom stereocenters. The zero-order chi connectivity index (χ0) is 19.9. The fourth-order valence-electron chi connectivity index (χ4n) is 2.97. The van der Waals surface area contributed by atoms with E-state index in [1.807, 2.05) is 24.3 Å². The van der Waals surface area contributed by atoms with Crippen LogP contribution in [0.4, 0.5) is 10.5 Å². The zero-order valence-corrected chi connectivity index (χ0v) is 16.4. The number of hydrogen-bond acceptors (Lipinski definition) is 6. The molecule has 1 aliphatic rings. The molecule has 2 aromatic rings. The smallest absolute Gasteiger partial charge is 0.411 e. The van der Waals surface area contributed by atoms with Gasteiger partial charge in [-0.05, 0) is 48.2 Å². The van der Waals surface area contributed by atoms with Crippen LogP contribution in [0.5, 0.6) is 5.75 Å². The molecular formula is C20H22N2O5S. The summed E-state index contributed by atoms with van der Waals surface area (Å²) in [6.07, 6.45) is 1.54. The number of hydrogen-bond donors (Lipinski definition) is 0. The van der Waals surface area contributed by atoms with Crippen molar-refractivity contribution >= 4 is 23.5 Å². The first kappa shape index (κ1) is 20.0. The minimum Gasteiger partial charge on any atom is -0.497 e. The Morgan fingerprint density at radius 1 is 1.18 bits per heavy atom. The molecule has 0 aliphatic carbocycles. The highest BCUT2D eigenvalue weighted by atomic mass is 32.2. The van der Waals surface area contributed by atoms with Crippen molar-refractivity contribution in [2.75, 3.05) is 13.7 Å². The standard InChI is InChI=1S/C20H22N2O5S/c1-26-18-10-6-16(7-11-18)14-28-19-3-2-12-21(19)20(23)27-13-15-4-8-17(9-5-15)22(24)25/h4-11,19H,2-3,12-14H2,1H3. The Balaban J connectivity index is 1.50. The molecule has 0 aromatic heterocycles. The third-order valence-corrected chi connectivity index (χ3v) is 5.92. The third kappa shape index (κ3) is 5.16. The minimum absolute atomic E-state index is 0.0182. The number of benzene rings is 2. The van der Waals surface area contributed by atoms with Crippen LogP contribution in [0.2, 0.25) is 0 Å². The Morgan fingerprint density at radius 3 is 2.50 bits per heavy atom. The molecule has 1 saturated heterocycles. The van der Waals surface area contributed by atoms with Crippen LogP contribution >= 0.6 is 11.8 Å². The van der Waals surface area contributed by atoms with Gasteiger partial charge in [0, 0.05) is 24.4 Å². The number of nitro benzene ring substituents is 1. The van der Waals surface area contributed by atoms with Gasteiger partial charge in [0.1, 0.15) is 12.4 Å². The van der Waals surface area contributed by atoms with Crippen LogP contribution in [0, 0.1) is 10.1 Å². The minimum atomic E-state index is -0.454. The Hall–Kier alpha value is -2.74. The van der Waals surface area contributed by atoms with Gasteiger partial charge in [-0.25, -0.2) is 4.79 Å². The lowest BCUT2D eigenvalue weighted by Gasteiger charge is -2.23. The first-order valence-corrected chi connectivity index (χ1v) is 10.0. The predicted molar refractivity (Wildman–Crippen MR) is 107 cm³/mol. The number of methoxy groups -OCH3 is 1. The van der Waals surface area contributed by atoms with Crippen LogP contribution in [0.25, 0.3) is 0 Å². The monoisotopic (exact) mass is 402 g/mol. The van der Waals surface area contributed by atoms with Crippen molar-refractivity contribution in [3.05, 3.63) is 69.8 Å². The fourth-order valence-corrected chi connectivity index (χ4v) is 4.26. The summed E-state index contributed by atoms with van der Waals surface area (Å²) in [5.41, 5.74) is 1.92. The number of carbonyl (C=O) groups is 1. The lowest BCUT2D eigenvalue weighted by molar-refractivity contribution is -0.384. The van der Waals surface area contributed by atoms with Gasteiger partial charge in [-0.15, -0.1) is 11.8 Å². The van der Waals surface area contributed by atoms with E-state index in [1.54, 1.807) is 35.9 Å². The van der Waals surface area contributed by atoms with Gasteiger partial charge < -0.3 is 9.47 Å². The number of thioether (sulfide) groups is 1. The topological polar surface area (TPSA) is 81.9 Å². The zero-order valence-electron chi connectivity index (χ0n) is 15.6. The van der Waals surface area contributed by atoms with E-state index in [4.69, 9.17) is 9.47 Å². The van der Waals surface area contributed by atoms with Crippen LogP contribution in [-0.4, -0.2) is 34.9 Å². The number of rotatable bonds is 7. The Morgan fingerprint density at radius 2 is 1.86 bits per heavy atom. The quantitative estimate of drug-likeness (QED) is 0.497. The van der Waals surface area contributed by atoms with E-state index < -0.39 is 4.92 Å². The maximum Gasteiger partial charge on any atom is 0.411 e. The number of likely N-dealkylation sites (tertiary alicyclic amines) is 1. The van der Waals surface area contributed by atoms with Crippen molar-refractivity contribution in [1.29, 1.82) is 0 Å². The third-order valence-electron chi connectivity index (χ3n) is 4.54. The molecule has 1 fully saturated rings. The molecule has 8 heteroatoms. The average Bonchev–Trinajstić information content (AvgIpc) is 3.20. The van der Waals surface area contributed by atoms with Gasteiger partial charge in [0.05, 0.1) is 17.4 Å². The van der Waals surface area contributed by atoms with Gasteiger partial charge >= 0.3 is 6.09 Å². The van der Waals surface area contributed by atoms with E-state index in [1.165, 1.54) is 17.7 Å². The van der Waals surface area contributed by atoms with Crippen LogP contribution in [0.1, 0.15) is 24.0 Å². The van der Waals surface area contributed by atoms with E-state index in [2.05, 4.69) is 0 Å². The molecule has 1 aliphatic heterocycles. The number of carbonyl (C=O) groups excluding carboxylic acids is 1. The second kappa shape index (κ2) is 9.45. The predicted octanol–water partition coefficient (Wildman–Crippen LogP) is 4.60. The fraction of sp³-hybridized carbons (Fsp3) is 0.350. The van der Waals surface area contributed by atoms with Gasteiger partial charge in [-0.2, -0.15) is 0 Å². The van der Waals surface area contributed by atoms with E-state index in [0.717, 1.165) is 29.9 Å². The van der Waals surface area contributed by atoms with Crippen LogP contribution in [-0.2, 0) is 17.1 Å². The molecule has 0 spiro atoms. The maximum atomic E-state index is 12.5. The van der Waals surface area contributed by atoms with E-state index in [-0.39, 0.29) is 23.8 Å². The second-order valence-electron chi connectivity index (χ2n) is 6.43. The van der Waals surface area contributed by atoms with Crippen molar-refractivity contribution in [3.63, 3.8) is 0 Å². The van der Waals surface area contributed by atoms with Crippen molar-refractivity contribution in [2.45, 2.75) is 30.6 Å². The van der Waals surface area contributed by atoms with Gasteiger partial charge in [0.25, 0.3) is 5.69 Å². The highest BCUT2D eigenvalue weighted by Gasteiger charge is 2.30. The Kier molecular flexibility index (Phi) is 6.76. The van der Waals surface area contributed by atoms with Gasteiger partial charge in [0.15, 0.2) is 0 Å². The average molecular weight is 402 g/mol. The summed E-state index contributed by atoms with van der Waals surface area (Å²) in [4.78, 5) is 24.5. The van der Waals surface area contributed by atoms with Crippen LogP contribution in [0.3, 0.4) is 0 Å². The van der Waals surface area contributed by atoms with Crippen LogP contribution < -0.4 is 4.74 Å². The number of nitro groups is 1. The molecule has 28 heavy (non-hydrogen) atoms. The summed E-state index contributed by atoms with van der Waals surface area (Å²) in [5, 5.41) is 10.8. The first-order valence-electron chi connectivity index (χ1n) is 8.98. The normalized spacial score (nSPS) is 16.0. The van der Waals surface area contributed by atoms with Gasteiger partial charge in [0.2, 0.25) is 0 Å². The summed E-state index contributed by atoms with van der Waals surface area (Å²) in [6.45, 7) is 0.780. The number of nitrogens with zero attached hydrogens (tertiary/aromatic N) is 2.